The van der Waals surface area contributed by atoms with Crippen LogP contribution in [0.3, 0.4) is 0 Å². The molecule has 2 aromatic rings. The van der Waals surface area contributed by atoms with Crippen LogP contribution in [0.5, 0.6) is 0 Å². The first-order valence-electron chi connectivity index (χ1n) is 8.58. The van der Waals surface area contributed by atoms with Crippen LogP contribution in [0.25, 0.3) is 0 Å². The van der Waals surface area contributed by atoms with Crippen LogP contribution in [0.4, 0.5) is 5.69 Å². The first-order valence-corrected chi connectivity index (χ1v) is 10.4. The van der Waals surface area contributed by atoms with Gasteiger partial charge in [-0.2, -0.15) is 0 Å². The topological polar surface area (TPSA) is 66.5 Å². The molecule has 2 aromatic carbocycles. The van der Waals surface area contributed by atoms with Gasteiger partial charge in [0, 0.05) is 18.7 Å². The fourth-order valence-electron chi connectivity index (χ4n) is 2.79. The molecule has 1 N–H and O–H groups in total. The second kappa shape index (κ2) is 8.36. The minimum atomic E-state index is -3.38. The second-order valence-corrected chi connectivity index (χ2v) is 8.59. The molecule has 0 radical (unpaired) electrons. The Hall–Kier alpha value is -2.34. The van der Waals surface area contributed by atoms with E-state index in [0.717, 1.165) is 19.1 Å². The molecule has 0 saturated heterocycles. The van der Waals surface area contributed by atoms with Crippen molar-refractivity contribution in [3.8, 4) is 0 Å². The van der Waals surface area contributed by atoms with Crippen molar-refractivity contribution < 1.29 is 13.2 Å². The highest BCUT2D eigenvalue weighted by Gasteiger charge is 2.19. The van der Waals surface area contributed by atoms with Crippen molar-refractivity contribution in [1.82, 2.24) is 5.32 Å². The molecule has 0 saturated carbocycles. The number of aryl methyl sites for hydroxylation is 1. The number of sulfonamides is 1. The molecule has 6 heteroatoms. The first kappa shape index (κ1) is 20.0. The van der Waals surface area contributed by atoms with E-state index in [1.807, 2.05) is 25.1 Å². The van der Waals surface area contributed by atoms with Crippen LogP contribution < -0.4 is 9.62 Å². The van der Waals surface area contributed by atoms with Crippen LogP contribution in [-0.4, -0.2) is 33.7 Å². The summed E-state index contributed by atoms with van der Waals surface area (Å²) in [5.74, 6) is -0.188. The molecule has 26 heavy (non-hydrogen) atoms. The normalized spacial score (nSPS) is 12.5. The molecule has 0 spiro atoms. The van der Waals surface area contributed by atoms with Gasteiger partial charge in [-0.25, -0.2) is 8.42 Å². The van der Waals surface area contributed by atoms with E-state index in [1.54, 1.807) is 25.1 Å². The van der Waals surface area contributed by atoms with Gasteiger partial charge >= 0.3 is 0 Å². The van der Waals surface area contributed by atoms with Crippen LogP contribution in [-0.2, 0) is 16.4 Å². The van der Waals surface area contributed by atoms with E-state index < -0.39 is 10.0 Å². The van der Waals surface area contributed by atoms with Gasteiger partial charge in [-0.05, 0) is 49.9 Å². The lowest BCUT2D eigenvalue weighted by Gasteiger charge is -2.21. The zero-order valence-electron chi connectivity index (χ0n) is 15.7. The predicted octanol–water partition coefficient (Wildman–Crippen LogP) is 3.14. The summed E-state index contributed by atoms with van der Waals surface area (Å²) in [6, 6.07) is 15.3. The third kappa shape index (κ3) is 5.08. The molecule has 0 fully saturated rings. The maximum Gasteiger partial charge on any atom is 0.251 e. The number of rotatable bonds is 7. The standard InChI is InChI=1S/C20H26N2O3S/c1-15(13-14-17-9-6-5-7-10-17)21-20(23)18-11-8-12-19(16(18)2)22(3)26(4,24)25/h5-12,15H,13-14H2,1-4H3,(H,21,23)/t15-/m1/s1. The molecule has 5 nitrogen and oxygen atoms in total. The average molecular weight is 375 g/mol. The smallest absolute Gasteiger partial charge is 0.251 e. The Morgan fingerprint density at radius 3 is 2.38 bits per heavy atom. The number of amides is 1. The van der Waals surface area contributed by atoms with Crippen molar-refractivity contribution in [2.24, 2.45) is 0 Å². The third-order valence-corrected chi connectivity index (χ3v) is 5.66. The van der Waals surface area contributed by atoms with Gasteiger partial charge in [0.05, 0.1) is 11.9 Å². The van der Waals surface area contributed by atoms with E-state index in [1.165, 1.54) is 16.9 Å². The number of hydrogen-bond donors (Lipinski definition) is 1. The van der Waals surface area contributed by atoms with Crippen LogP contribution in [0, 0.1) is 6.92 Å². The van der Waals surface area contributed by atoms with E-state index in [4.69, 9.17) is 0 Å². The maximum absolute atomic E-state index is 12.6. The Kier molecular flexibility index (Phi) is 6.42. The number of hydrogen-bond acceptors (Lipinski definition) is 3. The second-order valence-electron chi connectivity index (χ2n) is 6.58. The van der Waals surface area contributed by atoms with E-state index in [2.05, 4.69) is 17.4 Å². The summed E-state index contributed by atoms with van der Waals surface area (Å²) in [5.41, 5.74) is 2.89. The molecule has 0 aliphatic carbocycles. The quantitative estimate of drug-likeness (QED) is 0.810. The van der Waals surface area contributed by atoms with E-state index in [-0.39, 0.29) is 11.9 Å². The average Bonchev–Trinajstić information content (AvgIpc) is 2.59. The lowest BCUT2D eigenvalue weighted by molar-refractivity contribution is 0.0938. The molecule has 0 aliphatic heterocycles. The molecule has 1 amide bonds. The van der Waals surface area contributed by atoms with Crippen molar-refractivity contribution >= 4 is 21.6 Å². The van der Waals surface area contributed by atoms with Gasteiger partial charge in [-0.15, -0.1) is 0 Å². The number of benzene rings is 2. The molecule has 0 bridgehead atoms. The van der Waals surface area contributed by atoms with Gasteiger partial charge in [0.15, 0.2) is 0 Å². The number of carbonyl (C=O) groups is 1. The number of carbonyl (C=O) groups excluding carboxylic acids is 1. The third-order valence-electron chi connectivity index (χ3n) is 4.47. The van der Waals surface area contributed by atoms with Crippen molar-refractivity contribution in [3.05, 3.63) is 65.2 Å². The highest BCUT2D eigenvalue weighted by Crippen LogP contribution is 2.24. The Morgan fingerprint density at radius 1 is 1.12 bits per heavy atom. The first-order chi connectivity index (χ1) is 12.2. The van der Waals surface area contributed by atoms with Gasteiger partial charge in [0.1, 0.15) is 0 Å². The Morgan fingerprint density at radius 2 is 1.77 bits per heavy atom. The summed E-state index contributed by atoms with van der Waals surface area (Å²) in [7, 11) is -1.89. The molecule has 2 rings (SSSR count). The minimum absolute atomic E-state index is 0.0124. The Bertz CT molecular complexity index is 864. The molecule has 140 valence electrons. The fourth-order valence-corrected chi connectivity index (χ4v) is 3.35. The largest absolute Gasteiger partial charge is 0.350 e. The Balaban J connectivity index is 2.07. The van der Waals surface area contributed by atoms with Gasteiger partial charge < -0.3 is 5.32 Å². The molecule has 0 heterocycles. The van der Waals surface area contributed by atoms with Crippen molar-refractivity contribution in [2.45, 2.75) is 32.7 Å². The lowest BCUT2D eigenvalue weighted by atomic mass is 10.0. The summed E-state index contributed by atoms with van der Waals surface area (Å²) in [6.07, 6.45) is 2.86. The van der Waals surface area contributed by atoms with Crippen LogP contribution in [0.2, 0.25) is 0 Å². The van der Waals surface area contributed by atoms with Crippen LogP contribution in [0.15, 0.2) is 48.5 Å². The summed E-state index contributed by atoms with van der Waals surface area (Å²) in [4.78, 5) is 12.6. The van der Waals surface area contributed by atoms with E-state index >= 15 is 0 Å². The molecule has 1 atom stereocenters. The zero-order chi connectivity index (χ0) is 19.3. The Labute approximate surface area is 156 Å². The summed E-state index contributed by atoms with van der Waals surface area (Å²) < 4.78 is 24.8. The monoisotopic (exact) mass is 374 g/mol. The fraction of sp³-hybridized carbons (Fsp3) is 0.350. The van der Waals surface area contributed by atoms with Gasteiger partial charge in [0.25, 0.3) is 5.91 Å². The SMILES string of the molecule is Cc1c(C(=O)N[C@H](C)CCc2ccccc2)cccc1N(C)S(C)(=O)=O. The van der Waals surface area contributed by atoms with E-state index in [0.29, 0.717) is 16.8 Å². The predicted molar refractivity (Wildman–Crippen MR) is 106 cm³/mol. The van der Waals surface area contributed by atoms with E-state index in [9.17, 15) is 13.2 Å². The lowest BCUT2D eigenvalue weighted by Crippen LogP contribution is -2.34. The van der Waals surface area contributed by atoms with Crippen molar-refractivity contribution in [2.75, 3.05) is 17.6 Å². The van der Waals surface area contributed by atoms with Gasteiger partial charge in [-0.1, -0.05) is 36.4 Å². The summed E-state index contributed by atoms with van der Waals surface area (Å²) in [5, 5.41) is 3.01. The molecular weight excluding hydrogens is 348 g/mol. The molecular formula is C20H26N2O3S. The molecule has 0 aliphatic rings. The molecule has 0 unspecified atom stereocenters. The summed E-state index contributed by atoms with van der Waals surface area (Å²) >= 11 is 0. The number of nitrogens with zero attached hydrogens (tertiary/aromatic N) is 1. The minimum Gasteiger partial charge on any atom is -0.350 e. The number of nitrogens with one attached hydrogen (secondary N) is 1. The molecule has 0 aromatic heterocycles. The van der Waals surface area contributed by atoms with Gasteiger partial charge in [-0.3, -0.25) is 9.10 Å². The maximum atomic E-state index is 12.6. The van der Waals surface area contributed by atoms with Crippen molar-refractivity contribution in [3.63, 3.8) is 0 Å². The summed E-state index contributed by atoms with van der Waals surface area (Å²) in [6.45, 7) is 3.74. The van der Waals surface area contributed by atoms with Crippen LogP contribution in [0.1, 0.15) is 34.8 Å². The van der Waals surface area contributed by atoms with Gasteiger partial charge in [0.2, 0.25) is 10.0 Å². The van der Waals surface area contributed by atoms with Crippen molar-refractivity contribution in [1.29, 1.82) is 0 Å². The zero-order valence-corrected chi connectivity index (χ0v) is 16.5. The highest BCUT2D eigenvalue weighted by atomic mass is 32.2. The highest BCUT2D eigenvalue weighted by molar-refractivity contribution is 7.92. The van der Waals surface area contributed by atoms with Crippen LogP contribution >= 0.6 is 0 Å². The number of anilines is 1.